The van der Waals surface area contributed by atoms with Crippen LogP contribution in [0.5, 0.6) is 0 Å². The zero-order valence-corrected chi connectivity index (χ0v) is 13.9. The highest BCUT2D eigenvalue weighted by atomic mass is 35.5. The molecule has 0 saturated heterocycles. The van der Waals surface area contributed by atoms with Gasteiger partial charge in [0.15, 0.2) is 6.61 Å². The number of benzene rings is 2. The molecule has 0 aliphatic rings. The number of ether oxygens (including phenoxy) is 1. The van der Waals surface area contributed by atoms with Gasteiger partial charge in [-0.1, -0.05) is 29.3 Å². The Labute approximate surface area is 150 Å². The number of anilines is 1. The van der Waals surface area contributed by atoms with Crippen molar-refractivity contribution in [1.29, 1.82) is 0 Å². The van der Waals surface area contributed by atoms with E-state index in [1.54, 1.807) is 0 Å². The minimum atomic E-state index is -4.58. The second-order valence-corrected chi connectivity index (χ2v) is 5.65. The first-order chi connectivity index (χ1) is 11.7. The lowest BCUT2D eigenvalue weighted by molar-refractivity contribution is -0.137. The molecular formula is C16H10Cl2F3NO3. The lowest BCUT2D eigenvalue weighted by Crippen LogP contribution is -2.21. The van der Waals surface area contributed by atoms with E-state index in [4.69, 9.17) is 27.9 Å². The predicted molar refractivity (Wildman–Crippen MR) is 86.8 cm³/mol. The lowest BCUT2D eigenvalue weighted by atomic mass is 10.1. The minimum absolute atomic E-state index is 0.223. The molecule has 0 unspecified atom stereocenters. The van der Waals surface area contributed by atoms with E-state index in [2.05, 4.69) is 5.32 Å². The van der Waals surface area contributed by atoms with Crippen LogP contribution in [0.3, 0.4) is 0 Å². The van der Waals surface area contributed by atoms with Crippen LogP contribution in [0, 0.1) is 0 Å². The smallest absolute Gasteiger partial charge is 0.416 e. The van der Waals surface area contributed by atoms with Gasteiger partial charge in [0.2, 0.25) is 0 Å². The van der Waals surface area contributed by atoms with Gasteiger partial charge in [0.1, 0.15) is 0 Å². The van der Waals surface area contributed by atoms with E-state index < -0.39 is 30.2 Å². The number of halogens is 5. The summed E-state index contributed by atoms with van der Waals surface area (Å²) in [5, 5.41) is 2.94. The van der Waals surface area contributed by atoms with Gasteiger partial charge in [-0.2, -0.15) is 13.2 Å². The molecular weight excluding hydrogens is 382 g/mol. The number of amides is 1. The van der Waals surface area contributed by atoms with Crippen molar-refractivity contribution >= 4 is 40.8 Å². The molecule has 1 N–H and O–H groups in total. The molecule has 1 amide bonds. The Bertz CT molecular complexity index is 809. The maximum absolute atomic E-state index is 12.6. The Morgan fingerprint density at radius 2 is 1.76 bits per heavy atom. The van der Waals surface area contributed by atoms with E-state index in [0.717, 1.165) is 18.2 Å². The molecule has 132 valence electrons. The summed E-state index contributed by atoms with van der Waals surface area (Å²) in [4.78, 5) is 23.5. The fourth-order valence-electron chi connectivity index (χ4n) is 1.81. The third kappa shape index (κ3) is 5.37. The molecule has 0 aliphatic heterocycles. The van der Waals surface area contributed by atoms with Gasteiger partial charge >= 0.3 is 12.1 Å². The van der Waals surface area contributed by atoms with Crippen molar-refractivity contribution in [2.75, 3.05) is 11.9 Å². The summed E-state index contributed by atoms with van der Waals surface area (Å²) in [6.45, 7) is -0.671. The van der Waals surface area contributed by atoms with Gasteiger partial charge in [-0.05, 0) is 36.4 Å². The summed E-state index contributed by atoms with van der Waals surface area (Å²) < 4.78 is 42.5. The van der Waals surface area contributed by atoms with Gasteiger partial charge in [0.05, 0.1) is 21.2 Å². The van der Waals surface area contributed by atoms with Crippen molar-refractivity contribution in [2.24, 2.45) is 0 Å². The van der Waals surface area contributed by atoms with E-state index in [9.17, 15) is 22.8 Å². The Kier molecular flexibility index (Phi) is 5.92. The molecule has 0 radical (unpaired) electrons. The molecule has 4 nitrogen and oxygen atoms in total. The largest absolute Gasteiger partial charge is 0.452 e. The van der Waals surface area contributed by atoms with E-state index in [0.29, 0.717) is 16.8 Å². The van der Waals surface area contributed by atoms with E-state index >= 15 is 0 Å². The van der Waals surface area contributed by atoms with Gasteiger partial charge < -0.3 is 10.1 Å². The molecule has 2 aromatic carbocycles. The number of nitrogens with one attached hydrogen (secondary N) is 1. The first kappa shape index (κ1) is 19.1. The molecule has 0 spiro atoms. The molecule has 9 heteroatoms. The first-order valence-corrected chi connectivity index (χ1v) is 7.51. The van der Waals surface area contributed by atoms with Gasteiger partial charge in [0, 0.05) is 5.69 Å². The normalized spacial score (nSPS) is 11.1. The van der Waals surface area contributed by atoms with E-state index in [1.165, 1.54) is 18.2 Å². The highest BCUT2D eigenvalue weighted by Crippen LogP contribution is 2.29. The van der Waals surface area contributed by atoms with Crippen LogP contribution >= 0.6 is 23.2 Å². The number of rotatable bonds is 4. The summed E-state index contributed by atoms with van der Waals surface area (Å²) >= 11 is 11.5. The van der Waals surface area contributed by atoms with Gasteiger partial charge in [0.25, 0.3) is 5.91 Å². The standard InChI is InChI=1S/C16H10Cl2F3NO3/c17-12-5-4-11(7-13(12)18)22-14(23)8-25-15(24)9-2-1-3-10(6-9)16(19,20)21/h1-7H,8H2,(H,22,23). The highest BCUT2D eigenvalue weighted by Gasteiger charge is 2.31. The van der Waals surface area contributed by atoms with Gasteiger partial charge in [-0.25, -0.2) is 4.79 Å². The third-order valence-corrected chi connectivity index (χ3v) is 3.70. The SMILES string of the molecule is O=C(COC(=O)c1cccc(C(F)(F)F)c1)Nc1ccc(Cl)c(Cl)c1. The average Bonchev–Trinajstić information content (AvgIpc) is 2.55. The molecule has 2 aromatic rings. The summed E-state index contributed by atoms with van der Waals surface area (Å²) in [7, 11) is 0. The molecule has 0 fully saturated rings. The van der Waals surface area contributed by atoms with E-state index in [1.807, 2.05) is 0 Å². The molecule has 0 heterocycles. The Morgan fingerprint density at radius 1 is 1.04 bits per heavy atom. The lowest BCUT2D eigenvalue weighted by Gasteiger charge is -2.09. The van der Waals surface area contributed by atoms with E-state index in [-0.39, 0.29) is 10.6 Å². The van der Waals surface area contributed by atoms with Crippen LogP contribution < -0.4 is 5.32 Å². The van der Waals surface area contributed by atoms with Gasteiger partial charge in [-0.15, -0.1) is 0 Å². The van der Waals surface area contributed by atoms with Crippen molar-refractivity contribution in [3.8, 4) is 0 Å². The van der Waals surface area contributed by atoms with Crippen molar-refractivity contribution in [2.45, 2.75) is 6.18 Å². The molecule has 2 rings (SSSR count). The van der Waals surface area contributed by atoms with Crippen LogP contribution in [0.1, 0.15) is 15.9 Å². The summed E-state index contributed by atoms with van der Waals surface area (Å²) in [6.07, 6.45) is -4.58. The number of esters is 1. The number of carbonyl (C=O) groups excluding carboxylic acids is 2. The topological polar surface area (TPSA) is 55.4 Å². The molecule has 0 aliphatic carbocycles. The van der Waals surface area contributed by atoms with Crippen LogP contribution in [-0.2, 0) is 15.7 Å². The number of hydrogen-bond acceptors (Lipinski definition) is 3. The minimum Gasteiger partial charge on any atom is -0.452 e. The average molecular weight is 392 g/mol. The van der Waals surface area contributed by atoms with Crippen molar-refractivity contribution in [3.63, 3.8) is 0 Å². The Hall–Kier alpha value is -2.25. The number of alkyl halides is 3. The molecule has 0 saturated carbocycles. The maximum Gasteiger partial charge on any atom is 0.416 e. The maximum atomic E-state index is 12.6. The summed E-state index contributed by atoms with van der Waals surface area (Å²) in [5.41, 5.74) is -0.964. The zero-order valence-electron chi connectivity index (χ0n) is 12.4. The number of hydrogen-bond donors (Lipinski definition) is 1. The monoisotopic (exact) mass is 391 g/mol. The van der Waals surface area contributed by atoms with Crippen molar-refractivity contribution in [3.05, 3.63) is 63.6 Å². The Morgan fingerprint density at radius 3 is 2.40 bits per heavy atom. The zero-order chi connectivity index (χ0) is 18.6. The van der Waals surface area contributed by atoms with Crippen LogP contribution in [0.2, 0.25) is 10.0 Å². The fraction of sp³-hybridized carbons (Fsp3) is 0.125. The van der Waals surface area contributed by atoms with Crippen LogP contribution in [0.15, 0.2) is 42.5 Å². The second kappa shape index (κ2) is 7.76. The van der Waals surface area contributed by atoms with Crippen molar-refractivity contribution in [1.82, 2.24) is 0 Å². The third-order valence-electron chi connectivity index (χ3n) is 2.96. The summed E-state index contributed by atoms with van der Waals surface area (Å²) in [5.74, 6) is -1.73. The molecule has 0 bridgehead atoms. The quantitative estimate of drug-likeness (QED) is 0.761. The fourth-order valence-corrected chi connectivity index (χ4v) is 2.11. The second-order valence-electron chi connectivity index (χ2n) is 4.83. The van der Waals surface area contributed by atoms with Crippen molar-refractivity contribution < 1.29 is 27.5 Å². The molecule has 0 atom stereocenters. The predicted octanol–water partition coefficient (Wildman–Crippen LogP) is 4.81. The molecule has 25 heavy (non-hydrogen) atoms. The van der Waals surface area contributed by atoms with Crippen LogP contribution in [0.4, 0.5) is 18.9 Å². The van der Waals surface area contributed by atoms with Crippen LogP contribution in [-0.4, -0.2) is 18.5 Å². The van der Waals surface area contributed by atoms with Crippen LogP contribution in [0.25, 0.3) is 0 Å². The highest BCUT2D eigenvalue weighted by molar-refractivity contribution is 6.42. The number of carbonyl (C=O) groups is 2. The Balaban J connectivity index is 1.95. The molecule has 0 aromatic heterocycles. The summed E-state index contributed by atoms with van der Waals surface area (Å²) in [6, 6.07) is 8.07. The van der Waals surface area contributed by atoms with Gasteiger partial charge in [-0.3, -0.25) is 4.79 Å². The first-order valence-electron chi connectivity index (χ1n) is 6.76.